The van der Waals surface area contributed by atoms with Crippen LogP contribution in [0.1, 0.15) is 52.4 Å². The number of halogens is 3. The highest BCUT2D eigenvalue weighted by Crippen LogP contribution is 2.32. The van der Waals surface area contributed by atoms with Crippen LogP contribution in [0.2, 0.25) is 0 Å². The van der Waals surface area contributed by atoms with Crippen molar-refractivity contribution in [2.75, 3.05) is 20.1 Å². The summed E-state index contributed by atoms with van der Waals surface area (Å²) in [6, 6.07) is -0.114. The first-order valence-electron chi connectivity index (χ1n) is 7.32. The third-order valence-electron chi connectivity index (χ3n) is 4.61. The van der Waals surface area contributed by atoms with E-state index in [9.17, 15) is 13.2 Å². The molecule has 5 heteroatoms. The molecule has 1 aliphatic heterocycles. The maximum absolute atomic E-state index is 12.4. The van der Waals surface area contributed by atoms with Crippen LogP contribution < -0.4 is 5.32 Å². The van der Waals surface area contributed by atoms with Crippen LogP contribution in [0.25, 0.3) is 0 Å². The molecule has 19 heavy (non-hydrogen) atoms. The number of nitrogens with one attached hydrogen (secondary N) is 1. The van der Waals surface area contributed by atoms with E-state index >= 15 is 0 Å². The summed E-state index contributed by atoms with van der Waals surface area (Å²) in [5.74, 6) is 0. The van der Waals surface area contributed by atoms with Gasteiger partial charge in [0, 0.05) is 18.0 Å². The molecule has 1 heterocycles. The van der Waals surface area contributed by atoms with E-state index in [0.29, 0.717) is 0 Å². The van der Waals surface area contributed by atoms with Gasteiger partial charge in [0.25, 0.3) is 0 Å². The van der Waals surface area contributed by atoms with Gasteiger partial charge >= 0.3 is 6.18 Å². The van der Waals surface area contributed by atoms with Gasteiger partial charge in [-0.2, -0.15) is 13.2 Å². The minimum atomic E-state index is -4.06. The Balaban J connectivity index is 2.71. The summed E-state index contributed by atoms with van der Waals surface area (Å²) < 4.78 is 37.3. The molecule has 0 aromatic rings. The van der Waals surface area contributed by atoms with Gasteiger partial charge in [0.1, 0.15) is 0 Å². The first-order valence-corrected chi connectivity index (χ1v) is 7.32. The van der Waals surface area contributed by atoms with Crippen molar-refractivity contribution >= 4 is 0 Å². The monoisotopic (exact) mass is 280 g/mol. The van der Waals surface area contributed by atoms with Crippen molar-refractivity contribution in [3.05, 3.63) is 0 Å². The summed E-state index contributed by atoms with van der Waals surface area (Å²) in [7, 11) is 1.78. The van der Waals surface area contributed by atoms with E-state index in [2.05, 4.69) is 24.1 Å². The van der Waals surface area contributed by atoms with Crippen LogP contribution in [0, 0.1) is 0 Å². The Morgan fingerprint density at radius 2 is 1.74 bits per heavy atom. The zero-order valence-electron chi connectivity index (χ0n) is 12.3. The molecular formula is C14H27F3N2. The second kappa shape index (κ2) is 6.93. The fourth-order valence-corrected chi connectivity index (χ4v) is 3.17. The Kier molecular flexibility index (Phi) is 6.12. The van der Waals surface area contributed by atoms with E-state index in [1.165, 1.54) is 6.42 Å². The highest BCUT2D eigenvalue weighted by atomic mass is 19.4. The zero-order chi connectivity index (χ0) is 14.5. The molecule has 0 radical (unpaired) electrons. The number of hydrogen-bond acceptors (Lipinski definition) is 2. The van der Waals surface area contributed by atoms with Gasteiger partial charge in [-0.3, -0.25) is 4.90 Å². The molecule has 0 bridgehead atoms. The molecule has 0 aromatic heterocycles. The van der Waals surface area contributed by atoms with Crippen LogP contribution in [0.4, 0.5) is 13.2 Å². The SMILES string of the molecule is CCC(C)(C(CCC(F)(F)F)NC)N1CCCCC1. The van der Waals surface area contributed by atoms with E-state index in [4.69, 9.17) is 0 Å². The molecule has 1 aliphatic rings. The van der Waals surface area contributed by atoms with Crippen LogP contribution in [0.15, 0.2) is 0 Å². The van der Waals surface area contributed by atoms with E-state index in [0.717, 1.165) is 32.4 Å². The van der Waals surface area contributed by atoms with Gasteiger partial charge in [0.2, 0.25) is 0 Å². The van der Waals surface area contributed by atoms with Gasteiger partial charge in [0.05, 0.1) is 0 Å². The fourth-order valence-electron chi connectivity index (χ4n) is 3.17. The number of rotatable bonds is 6. The zero-order valence-corrected chi connectivity index (χ0v) is 12.3. The third kappa shape index (κ3) is 4.63. The van der Waals surface area contributed by atoms with Crippen LogP contribution >= 0.6 is 0 Å². The van der Waals surface area contributed by atoms with Crippen molar-refractivity contribution in [3.63, 3.8) is 0 Å². The maximum Gasteiger partial charge on any atom is 0.389 e. The second-order valence-electron chi connectivity index (χ2n) is 5.75. The quantitative estimate of drug-likeness (QED) is 0.800. The van der Waals surface area contributed by atoms with Crippen LogP contribution in [0.3, 0.4) is 0 Å². The Bertz CT molecular complexity index is 262. The highest BCUT2D eigenvalue weighted by molar-refractivity contribution is 4.96. The molecule has 1 fully saturated rings. The predicted octanol–water partition coefficient (Wildman–Crippen LogP) is 3.57. The summed E-state index contributed by atoms with van der Waals surface area (Å²) in [6.07, 6.45) is -0.190. The van der Waals surface area contributed by atoms with Gasteiger partial charge in [-0.25, -0.2) is 0 Å². The fraction of sp³-hybridized carbons (Fsp3) is 1.00. The topological polar surface area (TPSA) is 15.3 Å². The first kappa shape index (κ1) is 16.8. The number of likely N-dealkylation sites (tertiary alicyclic amines) is 1. The average Bonchev–Trinajstić information content (AvgIpc) is 2.38. The number of piperidine rings is 1. The van der Waals surface area contributed by atoms with Crippen molar-refractivity contribution in [3.8, 4) is 0 Å². The Morgan fingerprint density at radius 1 is 1.16 bits per heavy atom. The second-order valence-corrected chi connectivity index (χ2v) is 5.75. The van der Waals surface area contributed by atoms with Gasteiger partial charge in [-0.05, 0) is 52.7 Å². The van der Waals surface area contributed by atoms with Gasteiger partial charge in [-0.1, -0.05) is 13.3 Å². The molecule has 1 saturated heterocycles. The van der Waals surface area contributed by atoms with Crippen molar-refractivity contribution in [2.45, 2.75) is 70.1 Å². The average molecular weight is 280 g/mol. The molecule has 0 amide bonds. The maximum atomic E-state index is 12.4. The minimum Gasteiger partial charge on any atom is -0.315 e. The summed E-state index contributed by atoms with van der Waals surface area (Å²) >= 11 is 0. The number of likely N-dealkylation sites (N-methyl/N-ethyl adjacent to an activating group) is 1. The Morgan fingerprint density at radius 3 is 2.16 bits per heavy atom. The predicted molar refractivity (Wildman–Crippen MR) is 72.3 cm³/mol. The van der Waals surface area contributed by atoms with Crippen molar-refractivity contribution in [1.29, 1.82) is 0 Å². The summed E-state index contributed by atoms with van der Waals surface area (Å²) in [5, 5.41) is 3.12. The molecule has 2 nitrogen and oxygen atoms in total. The summed E-state index contributed by atoms with van der Waals surface area (Å²) in [6.45, 7) is 6.20. The molecule has 0 aromatic carbocycles. The van der Waals surface area contributed by atoms with Crippen molar-refractivity contribution in [1.82, 2.24) is 10.2 Å². The van der Waals surface area contributed by atoms with Gasteiger partial charge < -0.3 is 5.32 Å². The molecular weight excluding hydrogens is 253 g/mol. The van der Waals surface area contributed by atoms with Crippen molar-refractivity contribution < 1.29 is 13.2 Å². The van der Waals surface area contributed by atoms with Crippen LogP contribution in [0.5, 0.6) is 0 Å². The summed E-state index contributed by atoms with van der Waals surface area (Å²) in [5.41, 5.74) is -0.180. The molecule has 2 atom stereocenters. The van der Waals surface area contributed by atoms with Crippen molar-refractivity contribution in [2.24, 2.45) is 0 Å². The Labute approximate surface area is 114 Å². The molecule has 2 unspecified atom stereocenters. The lowest BCUT2D eigenvalue weighted by Crippen LogP contribution is -2.60. The number of alkyl halides is 3. The molecule has 1 rings (SSSR count). The molecule has 114 valence electrons. The standard InChI is InChI=1S/C14H27F3N2/c1-4-13(2,19-10-6-5-7-11-19)12(18-3)8-9-14(15,16)17/h12,18H,4-11H2,1-3H3. The lowest BCUT2D eigenvalue weighted by atomic mass is 9.83. The third-order valence-corrected chi connectivity index (χ3v) is 4.61. The normalized spacial score (nSPS) is 23.1. The summed E-state index contributed by atoms with van der Waals surface area (Å²) in [4.78, 5) is 2.38. The van der Waals surface area contributed by atoms with E-state index in [1.807, 2.05) is 0 Å². The largest absolute Gasteiger partial charge is 0.389 e. The highest BCUT2D eigenvalue weighted by Gasteiger charge is 2.39. The van der Waals surface area contributed by atoms with Gasteiger partial charge in [-0.15, -0.1) is 0 Å². The van der Waals surface area contributed by atoms with Crippen LogP contribution in [-0.4, -0.2) is 42.8 Å². The molecule has 0 aliphatic carbocycles. The van der Waals surface area contributed by atoms with Crippen LogP contribution in [-0.2, 0) is 0 Å². The lowest BCUT2D eigenvalue weighted by Gasteiger charge is -2.48. The lowest BCUT2D eigenvalue weighted by molar-refractivity contribution is -0.138. The molecule has 1 N–H and O–H groups in total. The molecule has 0 saturated carbocycles. The molecule has 0 spiro atoms. The Hall–Kier alpha value is -0.290. The smallest absolute Gasteiger partial charge is 0.315 e. The van der Waals surface area contributed by atoms with E-state index in [1.54, 1.807) is 7.05 Å². The van der Waals surface area contributed by atoms with Gasteiger partial charge in [0.15, 0.2) is 0 Å². The first-order chi connectivity index (χ1) is 8.83. The number of nitrogens with zero attached hydrogens (tertiary/aromatic N) is 1. The number of hydrogen-bond donors (Lipinski definition) is 1. The van der Waals surface area contributed by atoms with E-state index in [-0.39, 0.29) is 18.0 Å². The minimum absolute atomic E-state index is 0.114. The van der Waals surface area contributed by atoms with E-state index < -0.39 is 12.6 Å².